The molecular formula is C16H21FN2O2. The monoisotopic (exact) mass is 292 g/mol. The van der Waals surface area contributed by atoms with Crippen molar-refractivity contribution in [2.45, 2.75) is 44.2 Å². The highest BCUT2D eigenvalue weighted by Gasteiger charge is 2.35. The average Bonchev–Trinajstić information content (AvgIpc) is 3.32. The van der Waals surface area contributed by atoms with Gasteiger partial charge in [0.1, 0.15) is 11.6 Å². The fourth-order valence-corrected chi connectivity index (χ4v) is 3.12. The van der Waals surface area contributed by atoms with Gasteiger partial charge in [0.05, 0.1) is 5.56 Å². The van der Waals surface area contributed by atoms with Crippen LogP contribution in [0.1, 0.15) is 42.5 Å². The molecule has 1 aromatic rings. The van der Waals surface area contributed by atoms with Crippen LogP contribution in [0.15, 0.2) is 18.2 Å². The molecule has 114 valence electrons. The molecule has 4 nitrogen and oxygen atoms in total. The van der Waals surface area contributed by atoms with Crippen LogP contribution in [0.4, 0.5) is 4.39 Å². The van der Waals surface area contributed by atoms with Crippen molar-refractivity contribution < 1.29 is 14.3 Å². The van der Waals surface area contributed by atoms with Gasteiger partial charge in [-0.2, -0.15) is 0 Å². The second-order valence-electron chi connectivity index (χ2n) is 5.99. The topological polar surface area (TPSA) is 52.6 Å². The van der Waals surface area contributed by atoms with Crippen LogP contribution in [0.5, 0.6) is 5.75 Å². The molecule has 1 heterocycles. The van der Waals surface area contributed by atoms with E-state index in [1.807, 2.05) is 0 Å². The number of aromatic hydroxyl groups is 1. The van der Waals surface area contributed by atoms with Crippen molar-refractivity contribution in [3.63, 3.8) is 0 Å². The summed E-state index contributed by atoms with van der Waals surface area (Å²) in [4.78, 5) is 14.6. The summed E-state index contributed by atoms with van der Waals surface area (Å²) in [6.45, 7) is 1.67. The number of halogens is 1. The number of phenols is 1. The minimum Gasteiger partial charge on any atom is -0.507 e. The molecule has 21 heavy (non-hydrogen) atoms. The number of carbonyl (C=O) groups is 1. The first kappa shape index (κ1) is 14.3. The van der Waals surface area contributed by atoms with E-state index in [1.165, 1.54) is 31.7 Å². The molecule has 1 aliphatic carbocycles. The average molecular weight is 292 g/mol. The number of hydrogen-bond donors (Lipinski definition) is 2. The molecule has 2 fully saturated rings. The Hall–Kier alpha value is -1.62. The van der Waals surface area contributed by atoms with Gasteiger partial charge in [-0.05, 0) is 50.4 Å². The molecule has 0 spiro atoms. The van der Waals surface area contributed by atoms with Crippen LogP contribution in [0.3, 0.4) is 0 Å². The van der Waals surface area contributed by atoms with Gasteiger partial charge in [-0.25, -0.2) is 4.39 Å². The predicted octanol–water partition coefficient (Wildman–Crippen LogP) is 2.28. The minimum absolute atomic E-state index is 0.00350. The Balaban J connectivity index is 1.60. The molecule has 5 heteroatoms. The van der Waals surface area contributed by atoms with E-state index in [1.54, 1.807) is 0 Å². The molecule has 1 unspecified atom stereocenters. The molecule has 2 N–H and O–H groups in total. The number of phenolic OH excluding ortho intramolecular Hbond substituents is 1. The number of carbonyl (C=O) groups excluding carboxylic acids is 1. The molecule has 2 aliphatic rings. The molecule has 1 amide bonds. The zero-order chi connectivity index (χ0) is 14.8. The molecule has 1 saturated heterocycles. The summed E-state index contributed by atoms with van der Waals surface area (Å²) < 4.78 is 13.2. The van der Waals surface area contributed by atoms with Gasteiger partial charge in [0, 0.05) is 18.6 Å². The summed E-state index contributed by atoms with van der Waals surface area (Å²) in [5.41, 5.74) is 0.00350. The lowest BCUT2D eigenvalue weighted by Crippen LogP contribution is -2.47. The van der Waals surface area contributed by atoms with Crippen molar-refractivity contribution in [1.29, 1.82) is 0 Å². The third kappa shape index (κ3) is 3.35. The smallest absolute Gasteiger partial charge is 0.255 e. The first-order chi connectivity index (χ1) is 10.1. The Kier molecular flexibility index (Phi) is 4.10. The first-order valence-electron chi connectivity index (χ1n) is 7.67. The van der Waals surface area contributed by atoms with Crippen LogP contribution in [-0.2, 0) is 0 Å². The summed E-state index contributed by atoms with van der Waals surface area (Å²) in [7, 11) is 0. The predicted molar refractivity (Wildman–Crippen MR) is 77.8 cm³/mol. The maximum absolute atomic E-state index is 13.2. The lowest BCUT2D eigenvalue weighted by atomic mass is 10.0. The third-order valence-corrected chi connectivity index (χ3v) is 4.39. The number of hydrogen-bond acceptors (Lipinski definition) is 3. The molecular weight excluding hydrogens is 271 g/mol. The van der Waals surface area contributed by atoms with Crippen molar-refractivity contribution in [2.75, 3.05) is 13.1 Å². The number of amides is 1. The fourth-order valence-electron chi connectivity index (χ4n) is 3.12. The molecule has 1 atom stereocenters. The zero-order valence-electron chi connectivity index (χ0n) is 12.0. The van der Waals surface area contributed by atoms with Gasteiger partial charge >= 0.3 is 0 Å². The summed E-state index contributed by atoms with van der Waals surface area (Å²) in [6.07, 6.45) is 6.02. The van der Waals surface area contributed by atoms with Crippen molar-refractivity contribution >= 4 is 5.91 Å². The molecule has 0 bridgehead atoms. The van der Waals surface area contributed by atoms with E-state index in [9.17, 15) is 14.3 Å². The van der Waals surface area contributed by atoms with Crippen molar-refractivity contribution in [3.05, 3.63) is 29.6 Å². The largest absolute Gasteiger partial charge is 0.507 e. The van der Waals surface area contributed by atoms with Crippen molar-refractivity contribution in [1.82, 2.24) is 10.2 Å². The standard InChI is InChI=1S/C16H21FN2O2/c17-11-4-7-15(20)14(9-11)16(21)18-10-13-3-1-2-8-19(13)12-5-6-12/h4,7,9,12-13,20H,1-3,5-6,8,10H2,(H,18,21). The van der Waals surface area contributed by atoms with E-state index in [0.717, 1.165) is 25.1 Å². The van der Waals surface area contributed by atoms with Crippen molar-refractivity contribution in [3.8, 4) is 5.75 Å². The number of nitrogens with one attached hydrogen (secondary N) is 1. The van der Waals surface area contributed by atoms with E-state index in [2.05, 4.69) is 10.2 Å². The van der Waals surface area contributed by atoms with Gasteiger partial charge in [0.2, 0.25) is 0 Å². The van der Waals surface area contributed by atoms with E-state index >= 15 is 0 Å². The normalized spacial score (nSPS) is 23.0. The fraction of sp³-hybridized carbons (Fsp3) is 0.562. The minimum atomic E-state index is -0.518. The van der Waals surface area contributed by atoms with Gasteiger partial charge in [-0.15, -0.1) is 0 Å². The van der Waals surface area contributed by atoms with Crippen LogP contribution in [0.2, 0.25) is 0 Å². The van der Waals surface area contributed by atoms with Gasteiger partial charge in [-0.1, -0.05) is 6.42 Å². The lowest BCUT2D eigenvalue weighted by molar-refractivity contribution is 0.0903. The highest BCUT2D eigenvalue weighted by Crippen LogP contribution is 2.32. The Morgan fingerprint density at radius 3 is 2.90 bits per heavy atom. The van der Waals surface area contributed by atoms with Gasteiger partial charge < -0.3 is 10.4 Å². The number of rotatable bonds is 4. The maximum Gasteiger partial charge on any atom is 0.255 e. The molecule has 1 aliphatic heterocycles. The molecule has 0 radical (unpaired) electrons. The number of nitrogens with zero attached hydrogens (tertiary/aromatic N) is 1. The van der Waals surface area contributed by atoms with E-state index in [-0.39, 0.29) is 11.3 Å². The van der Waals surface area contributed by atoms with Crippen LogP contribution < -0.4 is 5.32 Å². The Morgan fingerprint density at radius 1 is 1.33 bits per heavy atom. The van der Waals surface area contributed by atoms with Crippen LogP contribution in [-0.4, -0.2) is 41.1 Å². The van der Waals surface area contributed by atoms with E-state index in [4.69, 9.17) is 0 Å². The van der Waals surface area contributed by atoms with Crippen LogP contribution >= 0.6 is 0 Å². The Labute approximate surface area is 124 Å². The highest BCUT2D eigenvalue weighted by molar-refractivity contribution is 5.96. The quantitative estimate of drug-likeness (QED) is 0.895. The molecule has 0 aromatic heterocycles. The SMILES string of the molecule is O=C(NCC1CCCCN1C1CC1)c1cc(F)ccc1O. The van der Waals surface area contributed by atoms with E-state index in [0.29, 0.717) is 18.6 Å². The molecule has 3 rings (SSSR count). The Bertz CT molecular complexity index is 531. The summed E-state index contributed by atoms with van der Waals surface area (Å²) in [5, 5.41) is 12.5. The Morgan fingerprint density at radius 2 is 2.14 bits per heavy atom. The first-order valence-corrected chi connectivity index (χ1v) is 7.67. The third-order valence-electron chi connectivity index (χ3n) is 4.39. The molecule has 1 aromatic carbocycles. The zero-order valence-corrected chi connectivity index (χ0v) is 12.0. The van der Waals surface area contributed by atoms with E-state index < -0.39 is 11.7 Å². The van der Waals surface area contributed by atoms with Gasteiger partial charge in [-0.3, -0.25) is 9.69 Å². The highest BCUT2D eigenvalue weighted by atomic mass is 19.1. The van der Waals surface area contributed by atoms with Crippen LogP contribution in [0.25, 0.3) is 0 Å². The second-order valence-corrected chi connectivity index (χ2v) is 5.99. The molecule has 1 saturated carbocycles. The number of piperidine rings is 1. The lowest BCUT2D eigenvalue weighted by Gasteiger charge is -2.36. The summed E-state index contributed by atoms with van der Waals surface area (Å²) in [5.74, 6) is -1.11. The second kappa shape index (κ2) is 6.02. The number of benzene rings is 1. The summed E-state index contributed by atoms with van der Waals surface area (Å²) in [6, 6.07) is 4.48. The van der Waals surface area contributed by atoms with Crippen molar-refractivity contribution in [2.24, 2.45) is 0 Å². The summed E-state index contributed by atoms with van der Waals surface area (Å²) >= 11 is 0. The van der Waals surface area contributed by atoms with Gasteiger partial charge in [0.25, 0.3) is 5.91 Å². The maximum atomic E-state index is 13.2. The van der Waals surface area contributed by atoms with Crippen LogP contribution in [0, 0.1) is 5.82 Å². The van der Waals surface area contributed by atoms with Gasteiger partial charge in [0.15, 0.2) is 0 Å². The number of likely N-dealkylation sites (tertiary alicyclic amines) is 1.